The SMILES string of the molecule is Cc1nccn1-c1ccc(N2CCN(C(=O)C(=O)c3c[nH]c4ccccc34)CC2)nn1. The maximum Gasteiger partial charge on any atom is 0.295 e. The Labute approximate surface area is 178 Å². The Morgan fingerprint density at radius 1 is 0.968 bits per heavy atom. The second kappa shape index (κ2) is 7.67. The van der Waals surface area contributed by atoms with Crippen molar-refractivity contribution in [3.63, 3.8) is 0 Å². The van der Waals surface area contributed by atoms with Gasteiger partial charge in [-0.15, -0.1) is 10.2 Å². The molecule has 1 amide bonds. The predicted octanol–water partition coefficient (Wildman–Crippen LogP) is 1.98. The molecule has 1 fully saturated rings. The Morgan fingerprint density at radius 3 is 2.42 bits per heavy atom. The highest BCUT2D eigenvalue weighted by molar-refractivity contribution is 6.44. The zero-order valence-corrected chi connectivity index (χ0v) is 17.0. The van der Waals surface area contributed by atoms with Crippen LogP contribution >= 0.6 is 0 Å². The summed E-state index contributed by atoms with van der Waals surface area (Å²) in [6, 6.07) is 11.3. The molecule has 1 aliphatic heterocycles. The second-order valence-electron chi connectivity index (χ2n) is 7.45. The molecule has 0 saturated carbocycles. The summed E-state index contributed by atoms with van der Waals surface area (Å²) in [6.45, 7) is 3.99. The van der Waals surface area contributed by atoms with E-state index in [9.17, 15) is 9.59 Å². The molecular weight excluding hydrogens is 394 g/mol. The Morgan fingerprint density at radius 2 is 1.71 bits per heavy atom. The molecule has 1 aliphatic rings. The van der Waals surface area contributed by atoms with Crippen LogP contribution in [0.3, 0.4) is 0 Å². The van der Waals surface area contributed by atoms with Gasteiger partial charge in [-0.2, -0.15) is 0 Å². The average molecular weight is 415 g/mol. The van der Waals surface area contributed by atoms with Crippen molar-refractivity contribution in [1.29, 1.82) is 0 Å². The number of carbonyl (C=O) groups is 2. The van der Waals surface area contributed by atoms with Crippen LogP contribution in [-0.2, 0) is 4.79 Å². The fourth-order valence-corrected chi connectivity index (χ4v) is 3.89. The summed E-state index contributed by atoms with van der Waals surface area (Å²) in [4.78, 5) is 36.5. The molecule has 0 bridgehead atoms. The first kappa shape index (κ1) is 19.0. The van der Waals surface area contributed by atoms with Crippen molar-refractivity contribution < 1.29 is 9.59 Å². The van der Waals surface area contributed by atoms with E-state index in [1.807, 2.05) is 54.1 Å². The van der Waals surface area contributed by atoms with Crippen LogP contribution in [0.25, 0.3) is 16.7 Å². The summed E-state index contributed by atoms with van der Waals surface area (Å²) in [5, 5.41) is 9.39. The van der Waals surface area contributed by atoms with E-state index in [0.717, 1.165) is 22.5 Å². The van der Waals surface area contributed by atoms with Crippen LogP contribution in [0.15, 0.2) is 55.0 Å². The summed E-state index contributed by atoms with van der Waals surface area (Å²) < 4.78 is 1.86. The molecule has 1 saturated heterocycles. The monoisotopic (exact) mass is 415 g/mol. The van der Waals surface area contributed by atoms with Gasteiger partial charge in [0, 0.05) is 55.7 Å². The molecule has 0 atom stereocenters. The van der Waals surface area contributed by atoms with Gasteiger partial charge in [0.1, 0.15) is 5.82 Å². The van der Waals surface area contributed by atoms with Crippen molar-refractivity contribution in [2.24, 2.45) is 0 Å². The molecule has 4 aromatic rings. The van der Waals surface area contributed by atoms with Crippen LogP contribution in [0.1, 0.15) is 16.2 Å². The first-order valence-corrected chi connectivity index (χ1v) is 10.1. The minimum Gasteiger partial charge on any atom is -0.360 e. The third-order valence-electron chi connectivity index (χ3n) is 5.63. The molecule has 31 heavy (non-hydrogen) atoms. The Bertz CT molecular complexity index is 1250. The molecular formula is C22H21N7O2. The number of nitrogens with one attached hydrogen (secondary N) is 1. The van der Waals surface area contributed by atoms with Crippen LogP contribution in [0.4, 0.5) is 5.82 Å². The number of aromatic amines is 1. The third kappa shape index (κ3) is 3.43. The number of carbonyl (C=O) groups excluding carboxylic acids is 2. The molecule has 1 N–H and O–H groups in total. The number of hydrogen-bond donors (Lipinski definition) is 1. The van der Waals surface area contributed by atoms with Gasteiger partial charge in [0.05, 0.1) is 5.56 Å². The predicted molar refractivity (Wildman–Crippen MR) is 115 cm³/mol. The molecule has 3 aromatic heterocycles. The number of para-hydroxylation sites is 1. The normalized spacial score (nSPS) is 14.2. The number of H-pyrrole nitrogens is 1. The summed E-state index contributed by atoms with van der Waals surface area (Å²) in [5.41, 5.74) is 1.26. The fourth-order valence-electron chi connectivity index (χ4n) is 3.89. The van der Waals surface area contributed by atoms with Gasteiger partial charge in [0.15, 0.2) is 11.6 Å². The summed E-state index contributed by atoms with van der Waals surface area (Å²) in [6.07, 6.45) is 5.17. The number of ketones is 1. The van der Waals surface area contributed by atoms with E-state index >= 15 is 0 Å². The van der Waals surface area contributed by atoms with Crippen molar-refractivity contribution in [3.8, 4) is 5.82 Å². The summed E-state index contributed by atoms with van der Waals surface area (Å²) in [7, 11) is 0. The highest BCUT2D eigenvalue weighted by atomic mass is 16.2. The fraction of sp³-hybridized carbons (Fsp3) is 0.227. The molecule has 0 spiro atoms. The van der Waals surface area contributed by atoms with Gasteiger partial charge in [-0.1, -0.05) is 18.2 Å². The van der Waals surface area contributed by atoms with E-state index < -0.39 is 11.7 Å². The topological polar surface area (TPSA) is 100 Å². The standard InChI is InChI=1S/C22H21N7O2/c1-15-23-8-9-29(15)20-7-6-19(25-26-20)27-10-12-28(13-11-27)22(31)21(30)17-14-24-18-5-3-2-4-16(17)18/h2-9,14,24H,10-13H2,1H3. The first-order valence-electron chi connectivity index (χ1n) is 10.1. The number of anilines is 1. The number of amides is 1. The number of fused-ring (bicyclic) bond motifs is 1. The molecule has 4 heterocycles. The van der Waals surface area contributed by atoms with Crippen LogP contribution in [-0.4, -0.2) is 67.5 Å². The number of Topliss-reactive ketones (excluding diaryl/α,β-unsaturated/α-hetero) is 1. The van der Waals surface area contributed by atoms with E-state index in [1.54, 1.807) is 17.3 Å². The Kier molecular flexibility index (Phi) is 4.70. The highest BCUT2D eigenvalue weighted by Crippen LogP contribution is 2.20. The number of piperazine rings is 1. The van der Waals surface area contributed by atoms with Crippen molar-refractivity contribution >= 4 is 28.4 Å². The second-order valence-corrected chi connectivity index (χ2v) is 7.45. The lowest BCUT2D eigenvalue weighted by molar-refractivity contribution is -0.126. The average Bonchev–Trinajstić information content (AvgIpc) is 3.44. The minimum absolute atomic E-state index is 0.416. The number of hydrogen-bond acceptors (Lipinski definition) is 6. The lowest BCUT2D eigenvalue weighted by atomic mass is 10.1. The van der Waals surface area contributed by atoms with Gasteiger partial charge >= 0.3 is 0 Å². The largest absolute Gasteiger partial charge is 0.360 e. The smallest absolute Gasteiger partial charge is 0.295 e. The van der Waals surface area contributed by atoms with E-state index in [1.165, 1.54) is 0 Å². The van der Waals surface area contributed by atoms with Crippen LogP contribution in [0.5, 0.6) is 0 Å². The Hall–Kier alpha value is -4.01. The lowest BCUT2D eigenvalue weighted by Crippen LogP contribution is -2.50. The minimum atomic E-state index is -0.481. The van der Waals surface area contributed by atoms with E-state index in [4.69, 9.17) is 0 Å². The van der Waals surface area contributed by atoms with Crippen LogP contribution < -0.4 is 4.90 Å². The molecule has 0 unspecified atom stereocenters. The van der Waals surface area contributed by atoms with Crippen LogP contribution in [0, 0.1) is 6.92 Å². The number of aryl methyl sites for hydroxylation is 1. The quantitative estimate of drug-likeness (QED) is 0.404. The van der Waals surface area contributed by atoms with E-state index in [2.05, 4.69) is 25.1 Å². The maximum absolute atomic E-state index is 12.8. The van der Waals surface area contributed by atoms with Gasteiger partial charge in [0.2, 0.25) is 0 Å². The van der Waals surface area contributed by atoms with Gasteiger partial charge in [-0.05, 0) is 25.1 Å². The number of aromatic nitrogens is 5. The van der Waals surface area contributed by atoms with Crippen molar-refractivity contribution in [1.82, 2.24) is 29.6 Å². The van der Waals surface area contributed by atoms with Crippen molar-refractivity contribution in [2.45, 2.75) is 6.92 Å². The molecule has 9 heteroatoms. The van der Waals surface area contributed by atoms with Crippen molar-refractivity contribution in [2.75, 3.05) is 31.1 Å². The Balaban J connectivity index is 1.24. The zero-order valence-electron chi connectivity index (χ0n) is 17.0. The molecule has 156 valence electrons. The van der Waals surface area contributed by atoms with E-state index in [0.29, 0.717) is 37.6 Å². The molecule has 0 aliphatic carbocycles. The molecule has 0 radical (unpaired) electrons. The van der Waals surface area contributed by atoms with Gasteiger partial charge in [-0.3, -0.25) is 14.2 Å². The maximum atomic E-state index is 12.8. The number of nitrogens with zero attached hydrogens (tertiary/aromatic N) is 6. The number of rotatable bonds is 4. The first-order chi connectivity index (χ1) is 15.1. The molecule has 9 nitrogen and oxygen atoms in total. The lowest BCUT2D eigenvalue weighted by Gasteiger charge is -2.34. The van der Waals surface area contributed by atoms with Crippen molar-refractivity contribution in [3.05, 3.63) is 66.4 Å². The van der Waals surface area contributed by atoms with Crippen LogP contribution in [0.2, 0.25) is 0 Å². The van der Waals surface area contributed by atoms with E-state index in [-0.39, 0.29) is 0 Å². The van der Waals surface area contributed by atoms with Gasteiger partial charge in [0.25, 0.3) is 11.7 Å². The molecule has 1 aromatic carbocycles. The summed E-state index contributed by atoms with van der Waals surface area (Å²) >= 11 is 0. The number of benzene rings is 1. The number of imidazole rings is 1. The zero-order chi connectivity index (χ0) is 21.4. The molecule has 5 rings (SSSR count). The van der Waals surface area contributed by atoms with Gasteiger partial charge < -0.3 is 14.8 Å². The summed E-state index contributed by atoms with van der Waals surface area (Å²) in [5.74, 6) is 1.34. The van der Waals surface area contributed by atoms with Gasteiger partial charge in [-0.25, -0.2) is 4.98 Å². The third-order valence-corrected chi connectivity index (χ3v) is 5.63. The highest BCUT2D eigenvalue weighted by Gasteiger charge is 2.28.